The molecule has 1 aliphatic heterocycles. The highest BCUT2D eigenvalue weighted by Crippen LogP contribution is 2.25. The van der Waals surface area contributed by atoms with Gasteiger partial charge in [-0.1, -0.05) is 0 Å². The number of aromatic nitrogens is 1. The molecule has 20 heavy (non-hydrogen) atoms. The number of thioether (sulfide) groups is 1. The lowest BCUT2D eigenvalue weighted by Crippen LogP contribution is -2.22. The van der Waals surface area contributed by atoms with Gasteiger partial charge in [-0.3, -0.25) is 10.2 Å². The number of amides is 1. The summed E-state index contributed by atoms with van der Waals surface area (Å²) < 4.78 is 5.02. The van der Waals surface area contributed by atoms with Crippen molar-refractivity contribution in [1.29, 1.82) is 5.41 Å². The van der Waals surface area contributed by atoms with E-state index in [-0.39, 0.29) is 11.1 Å². The van der Waals surface area contributed by atoms with E-state index in [0.29, 0.717) is 11.5 Å². The number of nitrogens with one attached hydrogen (secondary N) is 2. The van der Waals surface area contributed by atoms with E-state index in [9.17, 15) is 4.79 Å². The van der Waals surface area contributed by atoms with Gasteiger partial charge in [0.15, 0.2) is 5.17 Å². The lowest BCUT2D eigenvalue weighted by atomic mass is 10.2. The largest absolute Gasteiger partial charge is 0.383 e. The van der Waals surface area contributed by atoms with Crippen LogP contribution in [0, 0.1) is 5.41 Å². The Kier molecular flexibility index (Phi) is 4.75. The van der Waals surface area contributed by atoms with Gasteiger partial charge in [-0.25, -0.2) is 4.98 Å². The molecule has 1 aromatic rings. The molecule has 1 amide bonds. The quantitative estimate of drug-likeness (QED) is 0.800. The van der Waals surface area contributed by atoms with Crippen molar-refractivity contribution in [3.8, 4) is 0 Å². The van der Waals surface area contributed by atoms with Crippen LogP contribution in [0.5, 0.6) is 0 Å². The fourth-order valence-corrected chi connectivity index (χ4v) is 2.35. The third kappa shape index (κ3) is 3.58. The van der Waals surface area contributed by atoms with E-state index >= 15 is 0 Å². The minimum Gasteiger partial charge on any atom is -0.383 e. The topological polar surface area (TPSA) is 78.3 Å². The fourth-order valence-electron chi connectivity index (χ4n) is 1.64. The maximum atomic E-state index is 11.5. The van der Waals surface area contributed by atoms with Gasteiger partial charge in [0.05, 0.1) is 11.5 Å². The van der Waals surface area contributed by atoms with Crippen molar-refractivity contribution in [3.05, 3.63) is 28.8 Å². The molecule has 1 aliphatic rings. The van der Waals surface area contributed by atoms with E-state index in [4.69, 9.17) is 10.1 Å². The predicted octanol–water partition coefficient (Wildman–Crippen LogP) is 1.30. The van der Waals surface area contributed by atoms with Crippen LogP contribution in [0.1, 0.15) is 5.56 Å². The number of hydrogen-bond donors (Lipinski definition) is 2. The van der Waals surface area contributed by atoms with Crippen LogP contribution >= 0.6 is 11.8 Å². The van der Waals surface area contributed by atoms with E-state index < -0.39 is 0 Å². The van der Waals surface area contributed by atoms with Crippen molar-refractivity contribution < 1.29 is 9.53 Å². The van der Waals surface area contributed by atoms with Crippen LogP contribution in [0.25, 0.3) is 6.08 Å². The van der Waals surface area contributed by atoms with Crippen molar-refractivity contribution in [2.45, 2.75) is 0 Å². The number of rotatable bonds is 5. The molecular formula is C13H16N4O2S. The van der Waals surface area contributed by atoms with Gasteiger partial charge in [0.2, 0.25) is 0 Å². The number of amidine groups is 1. The van der Waals surface area contributed by atoms with Crippen molar-refractivity contribution in [1.82, 2.24) is 10.3 Å². The number of methoxy groups -OCH3 is 1. The number of ether oxygens (including phenoxy) is 1. The van der Waals surface area contributed by atoms with Crippen molar-refractivity contribution in [3.63, 3.8) is 0 Å². The highest BCUT2D eigenvalue weighted by atomic mass is 32.2. The minimum atomic E-state index is -0.235. The van der Waals surface area contributed by atoms with Crippen molar-refractivity contribution >= 4 is 34.7 Å². The van der Waals surface area contributed by atoms with Crippen LogP contribution < -0.4 is 10.2 Å². The van der Waals surface area contributed by atoms with E-state index in [0.717, 1.165) is 29.7 Å². The molecule has 1 saturated heterocycles. The summed E-state index contributed by atoms with van der Waals surface area (Å²) >= 11 is 1.12. The van der Waals surface area contributed by atoms with E-state index in [1.807, 2.05) is 24.1 Å². The Labute approximate surface area is 121 Å². The molecule has 2 rings (SSSR count). The zero-order chi connectivity index (χ0) is 14.5. The summed E-state index contributed by atoms with van der Waals surface area (Å²) in [6.45, 7) is 1.41. The molecule has 0 aliphatic carbocycles. The van der Waals surface area contributed by atoms with Crippen LogP contribution in [0.2, 0.25) is 0 Å². The number of anilines is 1. The summed E-state index contributed by atoms with van der Waals surface area (Å²) in [5.41, 5.74) is 0.834. The summed E-state index contributed by atoms with van der Waals surface area (Å²) in [6.07, 6.45) is 3.44. The summed E-state index contributed by atoms with van der Waals surface area (Å²) in [5, 5.41) is 9.98. The highest BCUT2D eigenvalue weighted by Gasteiger charge is 2.22. The molecule has 0 aromatic carbocycles. The Morgan fingerprint density at radius 3 is 2.90 bits per heavy atom. The fraction of sp³-hybridized carbons (Fsp3) is 0.308. The van der Waals surface area contributed by atoms with Crippen LogP contribution in [-0.4, -0.2) is 43.4 Å². The molecular weight excluding hydrogens is 276 g/mol. The van der Waals surface area contributed by atoms with Gasteiger partial charge in [0.1, 0.15) is 5.82 Å². The van der Waals surface area contributed by atoms with E-state index in [2.05, 4.69) is 10.3 Å². The average molecular weight is 292 g/mol. The number of nitrogens with zero attached hydrogens (tertiary/aromatic N) is 2. The standard InChI is InChI=1S/C13H16N4O2S/c1-17(5-6-19-2)11-4-3-9(8-15-11)7-10-12(18)16-13(14)20-10/h3-4,7-8H,5-6H2,1-2H3,(H2,14,16,18)/b10-7+. The Morgan fingerprint density at radius 2 is 2.35 bits per heavy atom. The van der Waals surface area contributed by atoms with Gasteiger partial charge in [-0.05, 0) is 35.5 Å². The van der Waals surface area contributed by atoms with Gasteiger partial charge in [-0.15, -0.1) is 0 Å². The number of carbonyl (C=O) groups is 1. The Bertz CT molecular complexity index is 542. The van der Waals surface area contributed by atoms with Crippen molar-refractivity contribution in [2.24, 2.45) is 0 Å². The first kappa shape index (κ1) is 14.5. The zero-order valence-corrected chi connectivity index (χ0v) is 12.2. The monoisotopic (exact) mass is 292 g/mol. The smallest absolute Gasteiger partial charge is 0.264 e. The first-order valence-electron chi connectivity index (χ1n) is 6.05. The molecule has 1 fully saturated rings. The van der Waals surface area contributed by atoms with Crippen LogP contribution in [0.4, 0.5) is 5.82 Å². The van der Waals surface area contributed by atoms with E-state index in [1.54, 1.807) is 19.4 Å². The normalized spacial score (nSPS) is 16.6. The molecule has 0 bridgehead atoms. The Hall–Kier alpha value is -1.86. The lowest BCUT2D eigenvalue weighted by molar-refractivity contribution is -0.115. The van der Waals surface area contributed by atoms with Crippen LogP contribution in [0.15, 0.2) is 23.2 Å². The third-order valence-corrected chi connectivity index (χ3v) is 3.58. The van der Waals surface area contributed by atoms with Gasteiger partial charge >= 0.3 is 0 Å². The molecule has 1 aromatic heterocycles. The molecule has 0 saturated carbocycles. The molecule has 0 unspecified atom stereocenters. The predicted molar refractivity (Wildman–Crippen MR) is 80.8 cm³/mol. The summed E-state index contributed by atoms with van der Waals surface area (Å²) in [7, 11) is 3.61. The lowest BCUT2D eigenvalue weighted by Gasteiger charge is -2.17. The number of pyridine rings is 1. The second kappa shape index (κ2) is 6.53. The molecule has 2 heterocycles. The minimum absolute atomic E-state index is 0.158. The summed E-state index contributed by atoms with van der Waals surface area (Å²) in [4.78, 5) is 18.4. The van der Waals surface area contributed by atoms with Crippen LogP contribution in [0.3, 0.4) is 0 Å². The molecule has 0 spiro atoms. The Balaban J connectivity index is 2.07. The van der Waals surface area contributed by atoms with Gasteiger partial charge in [0.25, 0.3) is 5.91 Å². The number of hydrogen-bond acceptors (Lipinski definition) is 6. The molecule has 7 heteroatoms. The first-order valence-corrected chi connectivity index (χ1v) is 6.87. The second-order valence-corrected chi connectivity index (χ2v) is 5.31. The molecule has 0 atom stereocenters. The molecule has 6 nitrogen and oxygen atoms in total. The SMILES string of the molecule is COCCN(C)c1ccc(/C=C2/SC(=N)NC2=O)cn1. The second-order valence-electron chi connectivity index (χ2n) is 4.26. The number of likely N-dealkylation sites (N-methyl/N-ethyl adjacent to an activating group) is 1. The zero-order valence-electron chi connectivity index (χ0n) is 11.3. The number of carbonyl (C=O) groups excluding carboxylic acids is 1. The molecule has 0 radical (unpaired) electrons. The van der Waals surface area contributed by atoms with Gasteiger partial charge < -0.3 is 15.0 Å². The summed E-state index contributed by atoms with van der Waals surface area (Å²) in [6, 6.07) is 3.79. The van der Waals surface area contributed by atoms with Crippen LogP contribution in [-0.2, 0) is 9.53 Å². The van der Waals surface area contributed by atoms with Gasteiger partial charge in [0, 0.05) is 26.9 Å². The first-order chi connectivity index (χ1) is 9.60. The summed E-state index contributed by atoms with van der Waals surface area (Å²) in [5.74, 6) is 0.613. The molecule has 106 valence electrons. The van der Waals surface area contributed by atoms with E-state index in [1.165, 1.54) is 0 Å². The Morgan fingerprint density at radius 1 is 1.55 bits per heavy atom. The average Bonchev–Trinajstić information content (AvgIpc) is 2.75. The van der Waals surface area contributed by atoms with Gasteiger partial charge in [-0.2, -0.15) is 0 Å². The molecule has 2 N–H and O–H groups in total. The highest BCUT2D eigenvalue weighted by molar-refractivity contribution is 8.18. The van der Waals surface area contributed by atoms with Crippen molar-refractivity contribution in [2.75, 3.05) is 32.2 Å². The maximum absolute atomic E-state index is 11.5. The maximum Gasteiger partial charge on any atom is 0.264 e. The third-order valence-electron chi connectivity index (χ3n) is 2.75.